The summed E-state index contributed by atoms with van der Waals surface area (Å²) in [5.41, 5.74) is -0.761. The summed E-state index contributed by atoms with van der Waals surface area (Å²) in [6, 6.07) is 2.73. The Bertz CT molecular complexity index is 471. The third-order valence-corrected chi connectivity index (χ3v) is 2.67. The Hall–Kier alpha value is -1.60. The zero-order valence-corrected chi connectivity index (χ0v) is 9.98. The fourth-order valence-electron chi connectivity index (χ4n) is 1.63. The van der Waals surface area contributed by atoms with Gasteiger partial charge in [-0.2, -0.15) is 13.2 Å². The van der Waals surface area contributed by atoms with Crippen LogP contribution in [0.4, 0.5) is 13.2 Å². The van der Waals surface area contributed by atoms with Crippen LogP contribution in [0.2, 0.25) is 0 Å². The van der Waals surface area contributed by atoms with Gasteiger partial charge in [-0.3, -0.25) is 4.79 Å². The van der Waals surface area contributed by atoms with E-state index in [4.69, 9.17) is 5.11 Å². The molecule has 0 saturated carbocycles. The second-order valence-corrected chi connectivity index (χ2v) is 4.18. The topological polar surface area (TPSA) is 77.8 Å². The van der Waals surface area contributed by atoms with E-state index in [0.29, 0.717) is 11.6 Å². The van der Waals surface area contributed by atoms with Gasteiger partial charge in [0.25, 0.3) is 0 Å². The molecule has 106 valence electrons. The molecule has 7 heteroatoms. The largest absolute Gasteiger partial charge is 0.481 e. The minimum absolute atomic E-state index is 0.136. The molecule has 1 aromatic carbocycles. The van der Waals surface area contributed by atoms with Crippen LogP contribution in [0.3, 0.4) is 0 Å². The summed E-state index contributed by atoms with van der Waals surface area (Å²) in [6.07, 6.45) is -8.67. The van der Waals surface area contributed by atoms with Crippen molar-refractivity contribution in [1.82, 2.24) is 0 Å². The lowest BCUT2D eigenvalue weighted by atomic mass is 9.95. The maximum Gasteiger partial charge on any atom is 0.416 e. The van der Waals surface area contributed by atoms with Crippen LogP contribution in [0.1, 0.15) is 29.2 Å². The Morgan fingerprint density at radius 3 is 2.37 bits per heavy atom. The van der Waals surface area contributed by atoms with Crippen molar-refractivity contribution in [3.05, 3.63) is 34.9 Å². The summed E-state index contributed by atoms with van der Waals surface area (Å²) in [6.45, 7) is 1.46. The average Bonchev–Trinajstić information content (AvgIpc) is 2.26. The van der Waals surface area contributed by atoms with Crippen LogP contribution in [-0.4, -0.2) is 27.4 Å². The molecule has 0 fully saturated rings. The predicted molar refractivity (Wildman–Crippen MR) is 59.4 cm³/mol. The van der Waals surface area contributed by atoms with Gasteiger partial charge in [-0.15, -0.1) is 0 Å². The molecule has 0 saturated heterocycles. The number of benzene rings is 1. The van der Waals surface area contributed by atoms with Gasteiger partial charge in [0.15, 0.2) is 0 Å². The normalized spacial score (nSPS) is 15.1. The van der Waals surface area contributed by atoms with E-state index in [1.165, 1.54) is 6.92 Å². The molecule has 0 heterocycles. The summed E-state index contributed by atoms with van der Waals surface area (Å²) in [5.74, 6) is -1.35. The minimum Gasteiger partial charge on any atom is -0.481 e. The molecule has 1 aromatic rings. The summed E-state index contributed by atoms with van der Waals surface area (Å²) in [5, 5.41) is 27.7. The molecule has 0 amide bonds. The fraction of sp³-hybridized carbons (Fsp3) is 0.417. The van der Waals surface area contributed by atoms with Gasteiger partial charge in [0.2, 0.25) is 0 Å². The molecule has 0 spiro atoms. The molecular formula is C12H13F3O4. The molecule has 0 aromatic heterocycles. The Kier molecular flexibility index (Phi) is 4.54. The van der Waals surface area contributed by atoms with E-state index in [2.05, 4.69) is 0 Å². The lowest BCUT2D eigenvalue weighted by molar-refractivity contribution is -0.141. The third-order valence-electron chi connectivity index (χ3n) is 2.67. The quantitative estimate of drug-likeness (QED) is 0.786. The molecule has 0 aliphatic carbocycles. The van der Waals surface area contributed by atoms with Crippen molar-refractivity contribution in [3.63, 3.8) is 0 Å². The number of aliphatic carboxylic acids is 1. The van der Waals surface area contributed by atoms with Crippen LogP contribution in [0, 0.1) is 6.92 Å². The van der Waals surface area contributed by atoms with Crippen molar-refractivity contribution < 1.29 is 33.3 Å². The molecule has 3 N–H and O–H groups in total. The summed E-state index contributed by atoms with van der Waals surface area (Å²) < 4.78 is 37.6. The van der Waals surface area contributed by atoms with Gasteiger partial charge in [0.05, 0.1) is 18.1 Å². The van der Waals surface area contributed by atoms with Crippen LogP contribution >= 0.6 is 0 Å². The maximum absolute atomic E-state index is 12.5. The Balaban J connectivity index is 3.08. The standard InChI is InChI=1S/C12H13F3O4/c1-6-2-3-7(12(13,14)15)4-8(6)11(19)9(16)5-10(17)18/h2-4,9,11,16,19H,5H2,1H3,(H,17,18). The molecule has 2 unspecified atom stereocenters. The van der Waals surface area contributed by atoms with E-state index in [1.807, 2.05) is 0 Å². The van der Waals surface area contributed by atoms with Gasteiger partial charge in [0.1, 0.15) is 6.10 Å². The molecule has 2 atom stereocenters. The molecule has 4 nitrogen and oxygen atoms in total. The van der Waals surface area contributed by atoms with Crippen LogP contribution < -0.4 is 0 Å². The van der Waals surface area contributed by atoms with E-state index in [9.17, 15) is 28.2 Å². The number of rotatable bonds is 4. The van der Waals surface area contributed by atoms with Gasteiger partial charge >= 0.3 is 12.1 Å². The first kappa shape index (κ1) is 15.5. The van der Waals surface area contributed by atoms with Crippen molar-refractivity contribution in [2.75, 3.05) is 0 Å². The van der Waals surface area contributed by atoms with E-state index in [1.54, 1.807) is 0 Å². The smallest absolute Gasteiger partial charge is 0.416 e. The van der Waals surface area contributed by atoms with Crippen molar-refractivity contribution in [3.8, 4) is 0 Å². The van der Waals surface area contributed by atoms with Crippen molar-refractivity contribution >= 4 is 5.97 Å². The highest BCUT2D eigenvalue weighted by Gasteiger charge is 2.32. The van der Waals surface area contributed by atoms with Crippen LogP contribution in [0.5, 0.6) is 0 Å². The second kappa shape index (κ2) is 5.58. The third kappa shape index (κ3) is 3.93. The number of alkyl halides is 3. The van der Waals surface area contributed by atoms with Crippen LogP contribution in [0.15, 0.2) is 18.2 Å². The molecule has 19 heavy (non-hydrogen) atoms. The van der Waals surface area contributed by atoms with E-state index < -0.39 is 36.3 Å². The number of aryl methyl sites for hydroxylation is 1. The van der Waals surface area contributed by atoms with Gasteiger partial charge in [-0.25, -0.2) is 0 Å². The second-order valence-electron chi connectivity index (χ2n) is 4.18. The SMILES string of the molecule is Cc1ccc(C(F)(F)F)cc1C(O)C(O)CC(=O)O. The van der Waals surface area contributed by atoms with Crippen LogP contribution in [0.25, 0.3) is 0 Å². The van der Waals surface area contributed by atoms with Crippen LogP contribution in [-0.2, 0) is 11.0 Å². The number of carboxylic acids is 1. The first-order valence-corrected chi connectivity index (χ1v) is 5.38. The van der Waals surface area contributed by atoms with Gasteiger partial charge in [0, 0.05) is 0 Å². The molecule has 1 rings (SSSR count). The van der Waals surface area contributed by atoms with E-state index in [-0.39, 0.29) is 5.56 Å². The number of halogens is 3. The fourth-order valence-corrected chi connectivity index (χ4v) is 1.63. The Morgan fingerprint density at radius 1 is 1.32 bits per heavy atom. The Labute approximate surface area is 107 Å². The predicted octanol–water partition coefficient (Wildman–Crippen LogP) is 1.88. The van der Waals surface area contributed by atoms with Crippen molar-refractivity contribution in [2.24, 2.45) is 0 Å². The van der Waals surface area contributed by atoms with Gasteiger partial charge < -0.3 is 15.3 Å². The number of carbonyl (C=O) groups is 1. The highest BCUT2D eigenvalue weighted by atomic mass is 19.4. The molecule has 0 aliphatic rings. The number of hydrogen-bond acceptors (Lipinski definition) is 3. The average molecular weight is 278 g/mol. The monoisotopic (exact) mass is 278 g/mol. The number of carboxylic acid groups (broad SMARTS) is 1. The zero-order valence-electron chi connectivity index (χ0n) is 9.98. The minimum atomic E-state index is -4.57. The van der Waals surface area contributed by atoms with E-state index >= 15 is 0 Å². The molecule has 0 aliphatic heterocycles. The highest BCUT2D eigenvalue weighted by molar-refractivity contribution is 5.67. The highest BCUT2D eigenvalue weighted by Crippen LogP contribution is 2.33. The number of aliphatic hydroxyl groups excluding tert-OH is 2. The lowest BCUT2D eigenvalue weighted by Gasteiger charge is -2.20. The first-order chi connectivity index (χ1) is 8.62. The summed E-state index contributed by atoms with van der Waals surface area (Å²) in [7, 11) is 0. The molecule has 0 radical (unpaired) electrons. The Morgan fingerprint density at radius 2 is 1.89 bits per heavy atom. The zero-order chi connectivity index (χ0) is 14.8. The van der Waals surface area contributed by atoms with Gasteiger partial charge in [-0.1, -0.05) is 6.07 Å². The molecule has 0 bridgehead atoms. The number of hydrogen-bond donors (Lipinski definition) is 3. The number of aliphatic hydroxyl groups is 2. The van der Waals surface area contributed by atoms with Crippen molar-refractivity contribution in [2.45, 2.75) is 31.7 Å². The van der Waals surface area contributed by atoms with Crippen molar-refractivity contribution in [1.29, 1.82) is 0 Å². The maximum atomic E-state index is 12.5. The van der Waals surface area contributed by atoms with Gasteiger partial charge in [-0.05, 0) is 30.2 Å². The van der Waals surface area contributed by atoms with E-state index in [0.717, 1.165) is 12.1 Å². The summed E-state index contributed by atoms with van der Waals surface area (Å²) >= 11 is 0. The molecular weight excluding hydrogens is 265 g/mol. The summed E-state index contributed by atoms with van der Waals surface area (Å²) in [4.78, 5) is 10.4. The lowest BCUT2D eigenvalue weighted by Crippen LogP contribution is -2.23. The first-order valence-electron chi connectivity index (χ1n) is 5.38.